The maximum absolute atomic E-state index is 12.8. The Morgan fingerprint density at radius 2 is 1.21 bits per heavy atom. The lowest BCUT2D eigenvalue weighted by atomic mass is 9.75. The van der Waals surface area contributed by atoms with Crippen molar-refractivity contribution in [2.75, 3.05) is 20.8 Å². The third kappa shape index (κ3) is 8.25. The maximum atomic E-state index is 12.8. The van der Waals surface area contributed by atoms with Gasteiger partial charge in [-0.05, 0) is 73.9 Å². The summed E-state index contributed by atoms with van der Waals surface area (Å²) in [5, 5.41) is 10.7. The number of carbonyl (C=O) groups excluding carboxylic acids is 4. The summed E-state index contributed by atoms with van der Waals surface area (Å²) in [6.45, 7) is 3.31. The van der Waals surface area contributed by atoms with Gasteiger partial charge in [0.05, 0.1) is 26.2 Å². The molecule has 240 valence electrons. The van der Waals surface area contributed by atoms with Gasteiger partial charge >= 0.3 is 11.9 Å². The van der Waals surface area contributed by atoms with Gasteiger partial charge in [0.1, 0.15) is 10.8 Å². The molecule has 4 atom stereocenters. The molecule has 2 saturated carbocycles. The number of hydrogen-bond donors (Lipinski definition) is 1. The largest absolute Gasteiger partial charge is 0.468 e. The number of methoxy groups -OCH3 is 2. The molecule has 4 rings (SSSR count). The molecule has 2 aromatic rings. The van der Waals surface area contributed by atoms with E-state index in [0.717, 1.165) is 17.5 Å². The van der Waals surface area contributed by atoms with Gasteiger partial charge in [0.25, 0.3) is 0 Å². The lowest BCUT2D eigenvalue weighted by Gasteiger charge is -2.27. The summed E-state index contributed by atoms with van der Waals surface area (Å²) >= 11 is 11.7. The van der Waals surface area contributed by atoms with Crippen LogP contribution in [0, 0.1) is 22.2 Å². The Bertz CT molecular complexity index is 1240. The molecule has 9 heteroatoms. The Kier molecular flexibility index (Phi) is 15.3. The van der Waals surface area contributed by atoms with Crippen molar-refractivity contribution in [2.45, 2.75) is 74.7 Å². The number of halogens is 2. The second-order valence-corrected chi connectivity index (χ2v) is 12.0. The monoisotopic (exact) mass is 638 g/mol. The third-order valence-electron chi connectivity index (χ3n) is 8.35. The molecule has 2 fully saturated rings. The molecular weight excluding hydrogens is 591 g/mol. The van der Waals surface area contributed by atoms with Crippen LogP contribution in [0.4, 0.5) is 0 Å². The van der Waals surface area contributed by atoms with Crippen LogP contribution in [0.15, 0.2) is 48.5 Å². The van der Waals surface area contributed by atoms with E-state index in [1.165, 1.54) is 14.2 Å². The molecule has 0 saturated heterocycles. The Morgan fingerprint density at radius 1 is 0.791 bits per heavy atom. The Balaban J connectivity index is 0.000000770. The molecule has 2 aliphatic rings. The lowest BCUT2D eigenvalue weighted by Crippen LogP contribution is -2.43. The summed E-state index contributed by atoms with van der Waals surface area (Å²) in [5.74, 6) is -1.27. The number of aliphatic hydroxyl groups excluding tert-OH is 1. The van der Waals surface area contributed by atoms with E-state index in [0.29, 0.717) is 35.7 Å². The van der Waals surface area contributed by atoms with Crippen molar-refractivity contribution < 1.29 is 33.8 Å². The minimum absolute atomic E-state index is 0. The Labute approximate surface area is 267 Å². The first-order valence-electron chi connectivity index (χ1n) is 13.2. The highest BCUT2D eigenvalue weighted by Crippen LogP contribution is 2.48. The van der Waals surface area contributed by atoms with E-state index in [4.69, 9.17) is 32.7 Å². The third-order valence-corrected chi connectivity index (χ3v) is 8.85. The fourth-order valence-corrected chi connectivity index (χ4v) is 6.06. The minimum atomic E-state index is -1.21. The Morgan fingerprint density at radius 3 is 1.56 bits per heavy atom. The molecule has 0 amide bonds. The highest BCUT2D eigenvalue weighted by atomic mass is 35.5. The summed E-state index contributed by atoms with van der Waals surface area (Å²) in [5.41, 5.74) is -1.32. The smallest absolute Gasteiger partial charge is 0.319 e. The van der Waals surface area contributed by atoms with Gasteiger partial charge in [-0.25, -0.2) is 0 Å². The highest BCUT2D eigenvalue weighted by Gasteiger charge is 2.59. The first-order chi connectivity index (χ1) is 18.9. The molecule has 2 aliphatic carbocycles. The second kappa shape index (κ2) is 16.4. The number of esters is 2. The number of ketones is 2. The molecule has 0 aromatic heterocycles. The summed E-state index contributed by atoms with van der Waals surface area (Å²) in [7, 11) is 2.62. The van der Waals surface area contributed by atoms with E-state index in [2.05, 4.69) is 0 Å². The van der Waals surface area contributed by atoms with Crippen molar-refractivity contribution >= 4 is 46.7 Å². The lowest BCUT2D eigenvalue weighted by molar-refractivity contribution is -0.159. The van der Waals surface area contributed by atoms with E-state index in [1.54, 1.807) is 43.3 Å². The van der Waals surface area contributed by atoms with Crippen LogP contribution in [0.3, 0.4) is 0 Å². The van der Waals surface area contributed by atoms with Gasteiger partial charge in [-0.1, -0.05) is 83.6 Å². The zero-order valence-corrected chi connectivity index (χ0v) is 24.8. The van der Waals surface area contributed by atoms with Gasteiger partial charge in [-0.3, -0.25) is 19.2 Å². The first kappa shape index (κ1) is 40.3. The van der Waals surface area contributed by atoms with Crippen molar-refractivity contribution in [2.24, 2.45) is 22.2 Å². The quantitative estimate of drug-likeness (QED) is 0.249. The summed E-state index contributed by atoms with van der Waals surface area (Å²) in [6.07, 6.45) is 2.82. The van der Waals surface area contributed by atoms with E-state index in [9.17, 15) is 24.3 Å². The molecule has 0 aliphatic heterocycles. The van der Waals surface area contributed by atoms with Crippen molar-refractivity contribution in [1.29, 1.82) is 0 Å². The number of ether oxygens (including phenoxy) is 2. The molecule has 2 aromatic carbocycles. The van der Waals surface area contributed by atoms with E-state index in [-0.39, 0.29) is 52.8 Å². The second-order valence-electron chi connectivity index (χ2n) is 11.1. The molecule has 1 N–H and O–H groups in total. The normalized spacial score (nSPS) is 25.7. The van der Waals surface area contributed by atoms with Gasteiger partial charge in [0.15, 0.2) is 11.6 Å². The van der Waals surface area contributed by atoms with Gasteiger partial charge in [-0.15, -0.1) is 0 Å². The first-order valence-corrected chi connectivity index (χ1v) is 14.0. The summed E-state index contributed by atoms with van der Waals surface area (Å²) in [4.78, 5) is 49.5. The van der Waals surface area contributed by atoms with Crippen LogP contribution in [-0.4, -0.2) is 49.4 Å². The SMILES string of the molecule is C.C.C.COC(=O)C1(Cc2ccc(Cl)cc2)CCC(C)(CO)C1=O.COC(=O)C1(Cc2ccc(Cl)cc2)CCC(C)C1=O. The highest BCUT2D eigenvalue weighted by molar-refractivity contribution is 6.30. The fourth-order valence-electron chi connectivity index (χ4n) is 5.81. The van der Waals surface area contributed by atoms with Crippen molar-refractivity contribution in [3.63, 3.8) is 0 Å². The molecule has 7 nitrogen and oxygen atoms in total. The number of rotatable bonds is 7. The number of hydrogen-bond acceptors (Lipinski definition) is 7. The number of benzene rings is 2. The van der Waals surface area contributed by atoms with Gasteiger partial charge in [0.2, 0.25) is 0 Å². The Hall–Kier alpha value is -2.74. The zero-order valence-electron chi connectivity index (χ0n) is 23.3. The molecule has 0 spiro atoms. The molecule has 0 heterocycles. The minimum Gasteiger partial charge on any atom is -0.468 e. The van der Waals surface area contributed by atoms with Crippen LogP contribution in [0.25, 0.3) is 0 Å². The van der Waals surface area contributed by atoms with Crippen molar-refractivity contribution in [3.8, 4) is 0 Å². The predicted molar refractivity (Wildman–Crippen MR) is 172 cm³/mol. The molecule has 0 bridgehead atoms. The van der Waals surface area contributed by atoms with Crippen LogP contribution in [0.5, 0.6) is 0 Å². The van der Waals surface area contributed by atoms with Gasteiger partial charge < -0.3 is 14.6 Å². The van der Waals surface area contributed by atoms with Crippen LogP contribution < -0.4 is 0 Å². The summed E-state index contributed by atoms with van der Waals surface area (Å²) in [6, 6.07) is 14.3. The van der Waals surface area contributed by atoms with Gasteiger partial charge in [0, 0.05) is 16.0 Å². The number of carbonyl (C=O) groups is 4. The number of Topliss-reactive ketones (excluding diaryl/α,β-unsaturated/α-hetero) is 2. The van der Waals surface area contributed by atoms with Gasteiger partial charge in [-0.2, -0.15) is 0 Å². The van der Waals surface area contributed by atoms with Crippen LogP contribution >= 0.6 is 23.2 Å². The molecule has 4 unspecified atom stereocenters. The average molecular weight is 640 g/mol. The maximum Gasteiger partial charge on any atom is 0.319 e. The molecular formula is C34H48Cl2O7. The topological polar surface area (TPSA) is 107 Å². The molecule has 43 heavy (non-hydrogen) atoms. The van der Waals surface area contributed by atoms with Crippen LogP contribution in [-0.2, 0) is 41.5 Å². The summed E-state index contributed by atoms with van der Waals surface area (Å²) < 4.78 is 9.74. The van der Waals surface area contributed by atoms with Crippen LogP contribution in [0.1, 0.15) is 72.9 Å². The van der Waals surface area contributed by atoms with Crippen molar-refractivity contribution in [1.82, 2.24) is 0 Å². The van der Waals surface area contributed by atoms with Crippen molar-refractivity contribution in [3.05, 3.63) is 69.7 Å². The zero-order chi connectivity index (χ0) is 29.7. The van der Waals surface area contributed by atoms with E-state index >= 15 is 0 Å². The average Bonchev–Trinajstić information content (AvgIpc) is 3.39. The number of aliphatic hydroxyl groups is 1. The predicted octanol–water partition coefficient (Wildman–Crippen LogP) is 7.35. The molecule has 0 radical (unpaired) electrons. The van der Waals surface area contributed by atoms with E-state index in [1.807, 2.05) is 19.1 Å². The van der Waals surface area contributed by atoms with Crippen LogP contribution in [0.2, 0.25) is 10.0 Å². The fraction of sp³-hybridized carbons (Fsp3) is 0.529. The van der Waals surface area contributed by atoms with E-state index < -0.39 is 28.2 Å². The standard InChI is InChI=1S/C16H19ClO4.C15H17ClO3.3CH4/c1-15(10-18)7-8-16(13(15)19,14(20)21-2)9-11-3-5-12(17)6-4-11;1-10-7-8-15(13(10)17,14(18)19-2)9-11-3-5-12(16)6-4-11;;;/h3-6,18H,7-10H2,1-2H3;3-6,10H,7-9H2,1-2H3;3*1H4.